The Hall–Kier alpha value is -0.840. The molecule has 1 aliphatic carbocycles. The van der Waals surface area contributed by atoms with E-state index in [-0.39, 0.29) is 5.56 Å². The minimum absolute atomic E-state index is 0.0351. The van der Waals surface area contributed by atoms with Crippen molar-refractivity contribution >= 4 is 21.6 Å². The molecule has 0 atom stereocenters. The lowest BCUT2D eigenvalue weighted by Gasteiger charge is -2.22. The molecule has 0 unspecified atom stereocenters. The third kappa shape index (κ3) is 4.08. The number of unbranched alkanes of at least 4 members (excludes halogenated alkanes) is 1. The predicted octanol–water partition coefficient (Wildman–Crippen LogP) is 3.80. The van der Waals surface area contributed by atoms with Gasteiger partial charge < -0.3 is 5.32 Å². The standard InChI is InChI=1S/C15H24BrN3O/c1-2-3-9-19-15(20)14(16)13(11-18-19)17-10-12-7-5-4-6-8-12/h11-12,17H,2-10H2,1H3. The average Bonchev–Trinajstić information content (AvgIpc) is 2.49. The van der Waals surface area contributed by atoms with Gasteiger partial charge in [-0.25, -0.2) is 4.68 Å². The van der Waals surface area contributed by atoms with E-state index in [4.69, 9.17) is 0 Å². The SMILES string of the molecule is CCCCn1ncc(NCC2CCCCC2)c(Br)c1=O. The van der Waals surface area contributed by atoms with E-state index in [1.54, 1.807) is 10.9 Å². The highest BCUT2D eigenvalue weighted by Crippen LogP contribution is 2.25. The van der Waals surface area contributed by atoms with Gasteiger partial charge in [0.1, 0.15) is 4.47 Å². The van der Waals surface area contributed by atoms with E-state index in [1.807, 2.05) is 0 Å². The summed E-state index contributed by atoms with van der Waals surface area (Å²) in [6.45, 7) is 3.75. The van der Waals surface area contributed by atoms with Crippen LogP contribution in [0.4, 0.5) is 5.69 Å². The van der Waals surface area contributed by atoms with Crippen LogP contribution in [0.3, 0.4) is 0 Å². The number of halogens is 1. The molecule has 5 heteroatoms. The second kappa shape index (κ2) is 7.81. The van der Waals surface area contributed by atoms with E-state index in [0.29, 0.717) is 11.0 Å². The third-order valence-corrected chi connectivity index (χ3v) is 4.78. The van der Waals surface area contributed by atoms with Crippen molar-refractivity contribution in [3.05, 3.63) is 21.0 Å². The van der Waals surface area contributed by atoms with Crippen molar-refractivity contribution in [3.8, 4) is 0 Å². The van der Waals surface area contributed by atoms with Crippen molar-refractivity contribution in [2.75, 3.05) is 11.9 Å². The zero-order valence-corrected chi connectivity index (χ0v) is 13.8. The summed E-state index contributed by atoms with van der Waals surface area (Å²) in [5, 5.41) is 7.64. The van der Waals surface area contributed by atoms with Gasteiger partial charge in [-0.2, -0.15) is 5.10 Å². The fraction of sp³-hybridized carbons (Fsp3) is 0.733. The van der Waals surface area contributed by atoms with Crippen LogP contribution >= 0.6 is 15.9 Å². The van der Waals surface area contributed by atoms with E-state index in [2.05, 4.69) is 33.3 Å². The smallest absolute Gasteiger partial charge is 0.283 e. The fourth-order valence-electron chi connectivity index (χ4n) is 2.70. The summed E-state index contributed by atoms with van der Waals surface area (Å²) in [5.41, 5.74) is 0.792. The molecule has 0 bridgehead atoms. The molecule has 0 amide bonds. The summed E-state index contributed by atoms with van der Waals surface area (Å²) in [4.78, 5) is 12.2. The summed E-state index contributed by atoms with van der Waals surface area (Å²) in [6.07, 6.45) is 10.5. The number of nitrogens with one attached hydrogen (secondary N) is 1. The van der Waals surface area contributed by atoms with E-state index >= 15 is 0 Å². The van der Waals surface area contributed by atoms with Gasteiger partial charge in [0.2, 0.25) is 0 Å². The lowest BCUT2D eigenvalue weighted by molar-refractivity contribution is 0.373. The first-order valence-electron chi connectivity index (χ1n) is 7.72. The molecule has 0 spiro atoms. The minimum atomic E-state index is -0.0351. The molecule has 0 radical (unpaired) electrons. The van der Waals surface area contributed by atoms with Gasteiger partial charge in [0.25, 0.3) is 5.56 Å². The molecular weight excluding hydrogens is 318 g/mol. The molecule has 4 nitrogen and oxygen atoms in total. The van der Waals surface area contributed by atoms with Crippen molar-refractivity contribution < 1.29 is 0 Å². The minimum Gasteiger partial charge on any atom is -0.382 e. The second-order valence-corrected chi connectivity index (χ2v) is 6.43. The normalized spacial score (nSPS) is 16.3. The molecule has 20 heavy (non-hydrogen) atoms. The Morgan fingerprint density at radius 1 is 1.40 bits per heavy atom. The van der Waals surface area contributed by atoms with Crippen molar-refractivity contribution in [3.63, 3.8) is 0 Å². The highest BCUT2D eigenvalue weighted by molar-refractivity contribution is 9.10. The molecule has 1 aliphatic rings. The molecule has 0 saturated heterocycles. The summed E-state index contributed by atoms with van der Waals surface area (Å²) >= 11 is 3.41. The van der Waals surface area contributed by atoms with Crippen molar-refractivity contribution in [2.24, 2.45) is 5.92 Å². The molecule has 0 aliphatic heterocycles. The van der Waals surface area contributed by atoms with Crippen LogP contribution in [0.2, 0.25) is 0 Å². The van der Waals surface area contributed by atoms with Gasteiger partial charge in [-0.05, 0) is 41.1 Å². The fourth-order valence-corrected chi connectivity index (χ4v) is 3.15. The first kappa shape index (κ1) is 15.5. The molecule has 2 rings (SSSR count). The molecule has 1 N–H and O–H groups in total. The van der Waals surface area contributed by atoms with Gasteiger partial charge in [-0.1, -0.05) is 32.6 Å². The van der Waals surface area contributed by atoms with Gasteiger partial charge in [-0.3, -0.25) is 4.79 Å². The second-order valence-electron chi connectivity index (χ2n) is 5.64. The van der Waals surface area contributed by atoms with E-state index in [0.717, 1.165) is 31.0 Å². The van der Waals surface area contributed by atoms with Gasteiger partial charge in [0.05, 0.1) is 11.9 Å². The topological polar surface area (TPSA) is 46.9 Å². The molecular formula is C15H24BrN3O. The number of rotatable bonds is 6. The van der Waals surface area contributed by atoms with E-state index < -0.39 is 0 Å². The van der Waals surface area contributed by atoms with E-state index in [9.17, 15) is 4.79 Å². The van der Waals surface area contributed by atoms with Gasteiger partial charge in [0, 0.05) is 13.1 Å². The number of hydrogen-bond acceptors (Lipinski definition) is 3. The van der Waals surface area contributed by atoms with Crippen LogP contribution in [0, 0.1) is 5.92 Å². The number of aromatic nitrogens is 2. The van der Waals surface area contributed by atoms with Crippen LogP contribution in [-0.4, -0.2) is 16.3 Å². The van der Waals surface area contributed by atoms with Crippen molar-refractivity contribution in [1.82, 2.24) is 9.78 Å². The maximum Gasteiger partial charge on any atom is 0.283 e. The Morgan fingerprint density at radius 2 is 2.15 bits per heavy atom. The van der Waals surface area contributed by atoms with Crippen LogP contribution in [0.25, 0.3) is 0 Å². The Labute approximate surface area is 129 Å². The highest BCUT2D eigenvalue weighted by atomic mass is 79.9. The lowest BCUT2D eigenvalue weighted by Crippen LogP contribution is -2.25. The number of aryl methyl sites for hydroxylation is 1. The van der Waals surface area contributed by atoms with Gasteiger partial charge in [0.15, 0.2) is 0 Å². The van der Waals surface area contributed by atoms with Crippen LogP contribution in [-0.2, 0) is 6.54 Å². The van der Waals surface area contributed by atoms with Crippen LogP contribution in [0.1, 0.15) is 51.9 Å². The molecule has 1 aromatic heterocycles. The zero-order valence-electron chi connectivity index (χ0n) is 12.2. The first-order valence-corrected chi connectivity index (χ1v) is 8.51. The van der Waals surface area contributed by atoms with Crippen LogP contribution in [0.5, 0.6) is 0 Å². The molecule has 1 heterocycles. The number of hydrogen-bond donors (Lipinski definition) is 1. The summed E-state index contributed by atoms with van der Waals surface area (Å²) < 4.78 is 2.15. The maximum absolute atomic E-state index is 12.2. The average molecular weight is 342 g/mol. The zero-order chi connectivity index (χ0) is 14.4. The van der Waals surface area contributed by atoms with E-state index in [1.165, 1.54) is 32.1 Å². The lowest BCUT2D eigenvalue weighted by atomic mass is 9.89. The number of anilines is 1. The predicted molar refractivity (Wildman–Crippen MR) is 86.2 cm³/mol. The molecule has 1 fully saturated rings. The summed E-state index contributed by atoms with van der Waals surface area (Å²) in [7, 11) is 0. The Balaban J connectivity index is 1.97. The Morgan fingerprint density at radius 3 is 2.85 bits per heavy atom. The van der Waals surface area contributed by atoms with Crippen LogP contribution < -0.4 is 10.9 Å². The monoisotopic (exact) mass is 341 g/mol. The Bertz CT molecular complexity index is 480. The molecule has 112 valence electrons. The maximum atomic E-state index is 12.2. The Kier molecular flexibility index (Phi) is 6.07. The van der Waals surface area contributed by atoms with Crippen molar-refractivity contribution in [1.29, 1.82) is 0 Å². The quantitative estimate of drug-likeness (QED) is 0.855. The number of nitrogens with zero attached hydrogens (tertiary/aromatic N) is 2. The van der Waals surface area contributed by atoms with Crippen molar-refractivity contribution in [2.45, 2.75) is 58.4 Å². The van der Waals surface area contributed by atoms with Gasteiger partial charge in [-0.15, -0.1) is 0 Å². The largest absolute Gasteiger partial charge is 0.382 e. The first-order chi connectivity index (χ1) is 9.72. The van der Waals surface area contributed by atoms with Crippen LogP contribution in [0.15, 0.2) is 15.5 Å². The summed E-state index contributed by atoms with van der Waals surface area (Å²) in [5.74, 6) is 0.734. The molecule has 1 saturated carbocycles. The molecule has 0 aromatic carbocycles. The summed E-state index contributed by atoms with van der Waals surface area (Å²) in [6, 6.07) is 0. The molecule has 1 aromatic rings. The van der Waals surface area contributed by atoms with Gasteiger partial charge >= 0.3 is 0 Å². The third-order valence-electron chi connectivity index (χ3n) is 4.01. The highest BCUT2D eigenvalue weighted by Gasteiger charge is 2.14.